The van der Waals surface area contributed by atoms with Gasteiger partial charge in [-0.05, 0) is 31.2 Å². The zero-order chi connectivity index (χ0) is 19.1. The zero-order valence-corrected chi connectivity index (χ0v) is 17.9. The SMILES string of the molecule is Cc1ccc(N2C(=O)c3cccc4c(N)c(SOO[O-])cc(c34)C2=O)cc1.[Na+]. The van der Waals surface area contributed by atoms with Gasteiger partial charge < -0.3 is 11.0 Å². The van der Waals surface area contributed by atoms with Crippen molar-refractivity contribution < 1.29 is 53.8 Å². The number of nitrogen functional groups attached to an aromatic ring is 1. The Kier molecular flexibility index (Phi) is 6.11. The first-order valence-electron chi connectivity index (χ1n) is 7.96. The van der Waals surface area contributed by atoms with Gasteiger partial charge >= 0.3 is 29.6 Å². The quantitative estimate of drug-likeness (QED) is 0.160. The van der Waals surface area contributed by atoms with Crippen LogP contribution < -0.4 is 45.4 Å². The molecule has 0 atom stereocenters. The zero-order valence-electron chi connectivity index (χ0n) is 15.1. The van der Waals surface area contributed by atoms with Crippen LogP contribution in [0.2, 0.25) is 0 Å². The molecule has 9 heteroatoms. The van der Waals surface area contributed by atoms with E-state index in [1.54, 1.807) is 30.3 Å². The molecule has 4 rings (SSSR count). The van der Waals surface area contributed by atoms with Gasteiger partial charge in [-0.25, -0.2) is 4.90 Å². The number of nitrogens with two attached hydrogens (primary N) is 1. The smallest absolute Gasteiger partial charge is 0.691 e. The van der Waals surface area contributed by atoms with E-state index >= 15 is 0 Å². The molecule has 0 aliphatic carbocycles. The summed E-state index contributed by atoms with van der Waals surface area (Å²) in [4.78, 5) is 27.7. The van der Waals surface area contributed by atoms with E-state index in [-0.39, 0.29) is 29.6 Å². The van der Waals surface area contributed by atoms with Crippen LogP contribution in [0.25, 0.3) is 10.8 Å². The summed E-state index contributed by atoms with van der Waals surface area (Å²) in [5, 5.41) is 14.6. The fourth-order valence-electron chi connectivity index (χ4n) is 3.21. The average Bonchev–Trinajstić information content (AvgIpc) is 2.68. The van der Waals surface area contributed by atoms with Gasteiger partial charge in [0.2, 0.25) is 0 Å². The third-order valence-electron chi connectivity index (χ3n) is 4.48. The second kappa shape index (κ2) is 8.22. The maximum absolute atomic E-state index is 13.2. The standard InChI is InChI=1S/C19H14N2O5S.Na/c1-10-5-7-11(8-6-10)21-18(22)13-4-2-3-12-16(13)14(19(21)23)9-15(17(12)20)27-26-25-24;/h2-9,24H,20H2,1H3;/q;+1/p-1. The predicted octanol–water partition coefficient (Wildman–Crippen LogP) is -0.234. The Bertz CT molecular complexity index is 1090. The van der Waals surface area contributed by atoms with Gasteiger partial charge in [-0.2, -0.15) is 4.33 Å². The summed E-state index contributed by atoms with van der Waals surface area (Å²) in [6.07, 6.45) is 0. The summed E-state index contributed by atoms with van der Waals surface area (Å²) in [5.74, 6) is -0.890. The van der Waals surface area contributed by atoms with Crippen molar-refractivity contribution in [2.45, 2.75) is 11.8 Å². The van der Waals surface area contributed by atoms with Gasteiger partial charge in [0.1, 0.15) is 0 Å². The van der Waals surface area contributed by atoms with Crippen molar-refractivity contribution in [2.24, 2.45) is 0 Å². The summed E-state index contributed by atoms with van der Waals surface area (Å²) in [6, 6.07) is 13.7. The molecular formula is C19H13N2NaO5S. The molecule has 3 aromatic rings. The number of carbonyl (C=O) groups is 2. The Morgan fingerprint density at radius 1 is 1.04 bits per heavy atom. The second-order valence-corrected chi connectivity index (χ2v) is 6.81. The number of amides is 2. The molecule has 1 heterocycles. The van der Waals surface area contributed by atoms with Crippen molar-refractivity contribution in [1.82, 2.24) is 0 Å². The molecule has 0 bridgehead atoms. The molecule has 0 saturated carbocycles. The van der Waals surface area contributed by atoms with Crippen molar-refractivity contribution in [3.05, 3.63) is 65.2 Å². The number of aryl methyl sites for hydroxylation is 1. The fraction of sp³-hybridized carbons (Fsp3) is 0.0526. The van der Waals surface area contributed by atoms with E-state index in [4.69, 9.17) is 5.73 Å². The first-order valence-corrected chi connectivity index (χ1v) is 8.71. The minimum absolute atomic E-state index is 0. The normalized spacial score (nSPS) is 13.0. The Morgan fingerprint density at radius 3 is 2.39 bits per heavy atom. The Labute approximate surface area is 186 Å². The molecule has 28 heavy (non-hydrogen) atoms. The number of hydrogen-bond acceptors (Lipinski definition) is 7. The van der Waals surface area contributed by atoms with E-state index in [0.717, 1.165) is 10.5 Å². The number of hydrogen-bond donors (Lipinski definition) is 1. The van der Waals surface area contributed by atoms with Gasteiger partial charge in [-0.3, -0.25) is 14.6 Å². The van der Waals surface area contributed by atoms with Crippen LogP contribution in [0.5, 0.6) is 0 Å². The van der Waals surface area contributed by atoms with Gasteiger partial charge in [0.25, 0.3) is 11.8 Å². The Balaban J connectivity index is 0.00000225. The van der Waals surface area contributed by atoms with E-state index < -0.39 is 11.8 Å². The molecule has 2 N–H and O–H groups in total. The molecule has 0 fully saturated rings. The summed E-state index contributed by atoms with van der Waals surface area (Å²) in [7, 11) is 0. The van der Waals surface area contributed by atoms with E-state index in [0.29, 0.717) is 50.2 Å². The molecule has 0 unspecified atom stereocenters. The maximum atomic E-state index is 13.2. The number of anilines is 2. The summed E-state index contributed by atoms with van der Waals surface area (Å²) < 4.78 is 4.37. The van der Waals surface area contributed by atoms with E-state index in [1.165, 1.54) is 6.07 Å². The average molecular weight is 404 g/mol. The maximum Gasteiger partial charge on any atom is 1.00 e. The first kappa shape index (κ1) is 20.8. The van der Waals surface area contributed by atoms with E-state index in [9.17, 15) is 14.8 Å². The van der Waals surface area contributed by atoms with Crippen LogP contribution in [0.3, 0.4) is 0 Å². The second-order valence-electron chi connectivity index (χ2n) is 6.06. The molecule has 2 amide bonds. The third kappa shape index (κ3) is 3.33. The molecule has 0 aromatic heterocycles. The van der Waals surface area contributed by atoms with Crippen LogP contribution in [-0.2, 0) is 9.37 Å². The van der Waals surface area contributed by atoms with E-state index in [1.807, 2.05) is 19.1 Å². The molecule has 1 aliphatic rings. The van der Waals surface area contributed by atoms with Crippen LogP contribution in [-0.4, -0.2) is 11.8 Å². The third-order valence-corrected chi connectivity index (χ3v) is 5.12. The molecule has 7 nitrogen and oxygen atoms in total. The van der Waals surface area contributed by atoms with Crippen molar-refractivity contribution in [3.8, 4) is 0 Å². The number of rotatable bonds is 4. The predicted molar refractivity (Wildman–Crippen MR) is 98.7 cm³/mol. The Morgan fingerprint density at radius 2 is 1.71 bits per heavy atom. The van der Waals surface area contributed by atoms with Crippen molar-refractivity contribution in [3.63, 3.8) is 0 Å². The first-order chi connectivity index (χ1) is 13.0. The van der Waals surface area contributed by atoms with Crippen molar-refractivity contribution in [2.75, 3.05) is 10.6 Å². The minimum atomic E-state index is -0.475. The summed E-state index contributed by atoms with van der Waals surface area (Å²) >= 11 is 0.608. The largest absolute Gasteiger partial charge is 1.00 e. The number of benzene rings is 3. The topological polar surface area (TPSA) is 105 Å². The molecule has 0 saturated heterocycles. The van der Waals surface area contributed by atoms with Crippen LogP contribution >= 0.6 is 12.0 Å². The number of carbonyl (C=O) groups excluding carboxylic acids is 2. The summed E-state index contributed by atoms with van der Waals surface area (Å²) in [6.45, 7) is 1.92. The molecule has 0 spiro atoms. The van der Waals surface area contributed by atoms with Crippen LogP contribution in [0.1, 0.15) is 26.3 Å². The monoisotopic (exact) mass is 404 g/mol. The molecule has 0 radical (unpaired) electrons. The van der Waals surface area contributed by atoms with Crippen LogP contribution in [0, 0.1) is 6.92 Å². The van der Waals surface area contributed by atoms with Crippen LogP contribution in [0.15, 0.2) is 53.4 Å². The van der Waals surface area contributed by atoms with E-state index in [2.05, 4.69) is 9.37 Å². The van der Waals surface area contributed by atoms with Crippen molar-refractivity contribution in [1.29, 1.82) is 0 Å². The molecule has 136 valence electrons. The molecular weight excluding hydrogens is 391 g/mol. The fourth-order valence-corrected chi connectivity index (χ4v) is 3.68. The number of imide groups is 1. The van der Waals surface area contributed by atoms with Gasteiger partial charge in [0.05, 0.1) is 33.9 Å². The van der Waals surface area contributed by atoms with Gasteiger partial charge in [0.15, 0.2) is 0 Å². The minimum Gasteiger partial charge on any atom is -0.691 e. The molecule has 3 aromatic carbocycles. The van der Waals surface area contributed by atoms with Crippen LogP contribution in [0.4, 0.5) is 11.4 Å². The Hall–Kier alpha value is -1.91. The van der Waals surface area contributed by atoms with Gasteiger partial charge in [-0.1, -0.05) is 29.8 Å². The number of nitrogens with zero attached hydrogens (tertiary/aromatic N) is 1. The summed E-state index contributed by atoms with van der Waals surface area (Å²) in [5.41, 5.74) is 8.60. The van der Waals surface area contributed by atoms with Gasteiger partial charge in [-0.15, -0.1) is 0 Å². The van der Waals surface area contributed by atoms with Crippen molar-refractivity contribution >= 4 is 46.0 Å². The molecule has 1 aliphatic heterocycles. The van der Waals surface area contributed by atoms with Gasteiger partial charge in [0, 0.05) is 16.3 Å².